The highest BCUT2D eigenvalue weighted by Gasteiger charge is 2.38. The summed E-state index contributed by atoms with van der Waals surface area (Å²) in [6, 6.07) is 20.6. The normalized spacial score (nSPS) is 19.7. The maximum atomic E-state index is 13.2. The van der Waals surface area contributed by atoms with Crippen LogP contribution in [0.15, 0.2) is 88.7 Å². The summed E-state index contributed by atoms with van der Waals surface area (Å²) < 4.78 is 15.5. The predicted molar refractivity (Wildman–Crippen MR) is 209 cm³/mol. The number of quaternary nitrogens is 1. The summed E-state index contributed by atoms with van der Waals surface area (Å²) in [7, 11) is 3.78. The molecule has 2 fully saturated rings. The second-order valence-corrected chi connectivity index (χ2v) is 15.2. The first-order chi connectivity index (χ1) is 26.0. The maximum absolute atomic E-state index is 13.2. The second kappa shape index (κ2) is 15.8. The summed E-state index contributed by atoms with van der Waals surface area (Å²) in [5.74, 6) is -0.200. The molecule has 16 heteroatoms. The van der Waals surface area contributed by atoms with Crippen molar-refractivity contribution >= 4 is 34.4 Å². The van der Waals surface area contributed by atoms with Gasteiger partial charge >= 0.3 is 0 Å². The zero-order chi connectivity index (χ0) is 38.0. The highest BCUT2D eigenvalue weighted by molar-refractivity contribution is 14.1. The molecule has 4 bridgehead atoms. The lowest BCUT2D eigenvalue weighted by molar-refractivity contribution is -1.09. The van der Waals surface area contributed by atoms with Crippen molar-refractivity contribution in [2.75, 3.05) is 89.8 Å². The molecular formula is C38H44IN8O7+. The van der Waals surface area contributed by atoms with Crippen LogP contribution in [0.25, 0.3) is 0 Å². The van der Waals surface area contributed by atoms with Crippen LogP contribution in [0.5, 0.6) is 11.5 Å². The SMILES string of the molecule is CN1CCN2CN(CC1)n1ccc(=O)c(OCc3ccccc3)c1C2=O.C[N+]1(O)CCN2CN(CC1)n1cc(I)c(=O)c(OCc3ccccc3)c1C2=O. The lowest BCUT2D eigenvalue weighted by atomic mass is 10.2. The smallest absolute Gasteiger partial charge is 0.278 e. The standard InChI is InChI=1S/C19H22IN4O4.C19H22N4O3/c1-24(27)9-7-21-13-22(8-10-24)23-11-15(20)17(25)18(16(23)19(21)26)28-12-14-5-3-2-4-6-14;1-20-9-11-21-14-22(12-10-20)23-8-7-16(24)18(17(23)19(21)25)26-13-15-5-3-2-4-6-15/h2-6,11,27H,7-10,12-13H2,1H3;2-8H,9-14H2,1H3/q+1;. The number of nitrogens with zero attached hydrogens (tertiary/aromatic N) is 8. The van der Waals surface area contributed by atoms with Gasteiger partial charge in [0.25, 0.3) is 11.8 Å². The van der Waals surface area contributed by atoms with Crippen molar-refractivity contribution in [1.29, 1.82) is 0 Å². The Balaban J connectivity index is 0.000000167. The van der Waals surface area contributed by atoms with Crippen LogP contribution in [-0.4, -0.2) is 126 Å². The number of hydrogen-bond acceptors (Lipinski definition) is 10. The molecule has 8 rings (SSSR count). The first-order valence-electron chi connectivity index (χ1n) is 17.9. The fourth-order valence-electron chi connectivity index (χ4n) is 6.77. The minimum Gasteiger partial charge on any atom is -0.482 e. The Morgan fingerprint density at radius 2 is 1.22 bits per heavy atom. The lowest BCUT2D eigenvalue weighted by Crippen LogP contribution is -2.62. The monoisotopic (exact) mass is 851 g/mol. The summed E-state index contributed by atoms with van der Waals surface area (Å²) in [5.41, 5.74) is 1.90. The van der Waals surface area contributed by atoms with E-state index in [1.807, 2.05) is 88.3 Å². The van der Waals surface area contributed by atoms with E-state index >= 15 is 0 Å². The molecular weight excluding hydrogens is 807 g/mol. The van der Waals surface area contributed by atoms with Crippen LogP contribution in [0, 0.1) is 3.57 Å². The van der Waals surface area contributed by atoms with Gasteiger partial charge in [-0.25, -0.2) is 5.21 Å². The Kier molecular flexibility index (Phi) is 11.0. The van der Waals surface area contributed by atoms with Gasteiger partial charge in [0.15, 0.2) is 22.9 Å². The predicted octanol–water partition coefficient (Wildman–Crippen LogP) is 1.96. The summed E-state index contributed by atoms with van der Waals surface area (Å²) in [5, 5.41) is 14.4. The van der Waals surface area contributed by atoms with Gasteiger partial charge in [-0.2, -0.15) is 4.65 Å². The number of rotatable bonds is 6. The maximum Gasteiger partial charge on any atom is 0.278 e. The number of halogens is 1. The molecule has 0 saturated carbocycles. The van der Waals surface area contributed by atoms with Crippen molar-refractivity contribution in [3.8, 4) is 11.5 Å². The number of benzene rings is 2. The molecule has 1 N–H and O–H groups in total. The van der Waals surface area contributed by atoms with Crippen molar-refractivity contribution in [2.24, 2.45) is 0 Å². The minimum atomic E-state index is -0.280. The van der Waals surface area contributed by atoms with E-state index in [4.69, 9.17) is 9.47 Å². The summed E-state index contributed by atoms with van der Waals surface area (Å²) in [4.78, 5) is 57.1. The first kappa shape index (κ1) is 37.4. The number of amides is 2. The average Bonchev–Trinajstić information content (AvgIpc) is 3.16. The molecule has 0 aliphatic carbocycles. The van der Waals surface area contributed by atoms with Crippen LogP contribution in [0.4, 0.5) is 0 Å². The third-order valence-electron chi connectivity index (χ3n) is 10.0. The van der Waals surface area contributed by atoms with Crippen LogP contribution in [-0.2, 0) is 13.2 Å². The van der Waals surface area contributed by atoms with Crippen molar-refractivity contribution in [3.05, 3.63) is 126 Å². The quantitative estimate of drug-likeness (QED) is 0.227. The van der Waals surface area contributed by atoms with E-state index in [0.29, 0.717) is 55.3 Å². The third-order valence-corrected chi connectivity index (χ3v) is 10.8. The number of likely N-dealkylation sites (N-methyl/N-ethyl adjacent to an activating group) is 2. The Bertz CT molecular complexity index is 2130. The number of hydrogen-bond donors (Lipinski definition) is 1. The number of fused-ring (bicyclic) bond motifs is 8. The summed E-state index contributed by atoms with van der Waals surface area (Å²) >= 11 is 1.97. The minimum absolute atomic E-state index is 0.0808. The highest BCUT2D eigenvalue weighted by Crippen LogP contribution is 2.26. The van der Waals surface area contributed by atoms with Gasteiger partial charge in [0.2, 0.25) is 10.9 Å². The highest BCUT2D eigenvalue weighted by atomic mass is 127. The van der Waals surface area contributed by atoms with Gasteiger partial charge in [0, 0.05) is 44.6 Å². The Hall–Kier alpha value is -4.91. The van der Waals surface area contributed by atoms with E-state index in [9.17, 15) is 24.4 Å². The van der Waals surface area contributed by atoms with Gasteiger partial charge in [-0.3, -0.25) is 38.5 Å². The van der Waals surface area contributed by atoms with E-state index in [0.717, 1.165) is 30.8 Å². The Morgan fingerprint density at radius 1 is 0.685 bits per heavy atom. The molecule has 2 aromatic heterocycles. The molecule has 2 saturated heterocycles. The molecule has 15 nitrogen and oxygen atoms in total. The van der Waals surface area contributed by atoms with Gasteiger partial charge in [-0.1, -0.05) is 60.7 Å². The van der Waals surface area contributed by atoms with Crippen LogP contribution in [0.1, 0.15) is 32.1 Å². The van der Waals surface area contributed by atoms with Gasteiger partial charge < -0.3 is 24.2 Å². The summed E-state index contributed by atoms with van der Waals surface area (Å²) in [6.07, 6.45) is 3.34. The molecule has 4 aliphatic rings. The Morgan fingerprint density at radius 3 is 1.87 bits per heavy atom. The van der Waals surface area contributed by atoms with Gasteiger partial charge in [-0.05, 0) is 40.8 Å². The first-order valence-corrected chi connectivity index (χ1v) is 19.0. The number of hydroxylamine groups is 3. The molecule has 1 unspecified atom stereocenters. The van der Waals surface area contributed by atoms with E-state index < -0.39 is 0 Å². The molecule has 2 aromatic carbocycles. The van der Waals surface area contributed by atoms with Crippen molar-refractivity contribution in [1.82, 2.24) is 24.1 Å². The fourth-order valence-corrected chi connectivity index (χ4v) is 7.28. The number of carbonyl (C=O) groups is 2. The Labute approximate surface area is 326 Å². The van der Waals surface area contributed by atoms with E-state index in [1.54, 1.807) is 38.6 Å². The molecule has 4 aliphatic heterocycles. The van der Waals surface area contributed by atoms with Crippen LogP contribution < -0.4 is 30.3 Å². The molecule has 54 heavy (non-hydrogen) atoms. The zero-order valence-corrected chi connectivity index (χ0v) is 32.5. The third kappa shape index (κ3) is 7.96. The van der Waals surface area contributed by atoms with Gasteiger partial charge in [-0.15, -0.1) is 0 Å². The zero-order valence-electron chi connectivity index (χ0n) is 30.3. The molecule has 2 amide bonds. The van der Waals surface area contributed by atoms with E-state index in [1.165, 1.54) is 6.07 Å². The number of ether oxygens (including phenoxy) is 2. The van der Waals surface area contributed by atoms with Gasteiger partial charge in [0.1, 0.15) is 39.6 Å². The molecule has 0 radical (unpaired) electrons. The van der Waals surface area contributed by atoms with Crippen LogP contribution in [0.2, 0.25) is 0 Å². The second-order valence-electron chi connectivity index (χ2n) is 14.0. The molecule has 1 atom stereocenters. The molecule has 284 valence electrons. The molecule has 6 heterocycles. The van der Waals surface area contributed by atoms with Crippen molar-refractivity contribution in [3.63, 3.8) is 0 Å². The number of aromatic nitrogens is 2. The van der Waals surface area contributed by atoms with Crippen molar-refractivity contribution in [2.45, 2.75) is 13.2 Å². The lowest BCUT2D eigenvalue weighted by Gasteiger charge is -2.43. The molecule has 4 aromatic rings. The topological polar surface area (TPSA) is 133 Å². The van der Waals surface area contributed by atoms with Gasteiger partial charge in [0.05, 0.1) is 23.7 Å². The van der Waals surface area contributed by atoms with Crippen LogP contribution >= 0.6 is 22.6 Å². The van der Waals surface area contributed by atoms with Crippen LogP contribution in [0.3, 0.4) is 0 Å². The van der Waals surface area contributed by atoms with E-state index in [-0.39, 0.29) is 57.7 Å². The number of pyridine rings is 2. The molecule has 0 spiro atoms. The number of carbonyl (C=O) groups excluding carboxylic acids is 2. The van der Waals surface area contributed by atoms with E-state index in [2.05, 4.69) is 17.0 Å². The average molecular weight is 852 g/mol. The largest absolute Gasteiger partial charge is 0.482 e. The van der Waals surface area contributed by atoms with Crippen molar-refractivity contribution < 1.29 is 28.9 Å². The fraction of sp³-hybridized carbons (Fsp3) is 0.368. The summed E-state index contributed by atoms with van der Waals surface area (Å²) in [6.45, 7) is 6.43.